The van der Waals surface area contributed by atoms with E-state index in [1.807, 2.05) is 74.4 Å². The summed E-state index contributed by atoms with van der Waals surface area (Å²) in [5.74, 6) is -0.396. The largest absolute Gasteiger partial charge is 0.410 e. The Kier molecular flexibility index (Phi) is 6.54. The maximum Gasteiger partial charge on any atom is 0.410 e. The van der Waals surface area contributed by atoms with Gasteiger partial charge in [0, 0.05) is 32.7 Å². The first kappa shape index (κ1) is 23.7. The molecule has 6 nitrogen and oxygen atoms in total. The van der Waals surface area contributed by atoms with E-state index in [2.05, 4.69) is 15.7 Å². The molecule has 0 fully saturated rings. The topological polar surface area (TPSA) is 62.2 Å². The minimum absolute atomic E-state index is 0.0820. The molecule has 0 spiro atoms. The molecule has 0 unspecified atom stereocenters. The predicted octanol–water partition coefficient (Wildman–Crippen LogP) is 5.10. The summed E-state index contributed by atoms with van der Waals surface area (Å²) in [6.45, 7) is 2.27. The molecule has 0 aliphatic carbocycles. The molecule has 0 saturated carbocycles. The zero-order valence-electron chi connectivity index (χ0n) is 19.4. The van der Waals surface area contributed by atoms with Crippen LogP contribution in [0.4, 0.5) is 24.7 Å². The van der Waals surface area contributed by atoms with Crippen molar-refractivity contribution in [1.82, 2.24) is 15.1 Å². The van der Waals surface area contributed by atoms with Crippen molar-refractivity contribution in [2.24, 2.45) is 0 Å². The fraction of sp³-hybridized carbons (Fsp3) is 0.360. The molecule has 0 bridgehead atoms. The lowest BCUT2D eigenvalue weighted by atomic mass is 9.95. The number of hydrogen-bond acceptors (Lipinski definition) is 4. The van der Waals surface area contributed by atoms with E-state index in [-0.39, 0.29) is 24.3 Å². The maximum atomic E-state index is 13.9. The number of aryl methyl sites for hydroxylation is 1. The highest BCUT2D eigenvalue weighted by atomic mass is 19.4. The van der Waals surface area contributed by atoms with Gasteiger partial charge < -0.3 is 15.5 Å². The van der Waals surface area contributed by atoms with Crippen molar-refractivity contribution in [3.63, 3.8) is 0 Å². The van der Waals surface area contributed by atoms with Gasteiger partial charge in [-0.05, 0) is 35.2 Å². The summed E-state index contributed by atoms with van der Waals surface area (Å²) >= 11 is 0. The monoisotopic (exact) mass is 471 g/mol. The third-order valence-corrected chi connectivity index (χ3v) is 6.18. The summed E-state index contributed by atoms with van der Waals surface area (Å²) < 4.78 is 42.6. The number of nitrogens with one attached hydrogen (secondary N) is 2. The first-order chi connectivity index (χ1) is 16.2. The van der Waals surface area contributed by atoms with Gasteiger partial charge >= 0.3 is 6.18 Å². The number of hydrogen-bond donors (Lipinski definition) is 2. The number of anilines is 2. The first-order valence-corrected chi connectivity index (χ1v) is 11.2. The highest BCUT2D eigenvalue weighted by Crippen LogP contribution is 2.44. The molecule has 1 aromatic heterocycles. The summed E-state index contributed by atoms with van der Waals surface area (Å²) in [6, 6.07) is 12.8. The number of nitrogens with zero attached hydrogens (tertiary/aromatic N) is 3. The van der Waals surface area contributed by atoms with Crippen LogP contribution in [0.3, 0.4) is 0 Å². The summed E-state index contributed by atoms with van der Waals surface area (Å²) in [4.78, 5) is 14.9. The minimum atomic E-state index is -4.49. The average molecular weight is 472 g/mol. The van der Waals surface area contributed by atoms with Gasteiger partial charge in [-0.3, -0.25) is 4.79 Å². The molecule has 0 radical (unpaired) electrons. The minimum Gasteiger partial charge on any atom is -0.378 e. The van der Waals surface area contributed by atoms with Crippen molar-refractivity contribution < 1.29 is 18.0 Å². The molecule has 9 heteroatoms. The van der Waals surface area contributed by atoms with Crippen LogP contribution in [-0.2, 0) is 13.0 Å². The molecule has 2 aromatic carbocycles. The molecular formula is C25H28F3N5O. The van der Waals surface area contributed by atoms with Gasteiger partial charge in [0.2, 0.25) is 0 Å². The molecule has 1 amide bonds. The van der Waals surface area contributed by atoms with E-state index in [9.17, 15) is 18.0 Å². The Morgan fingerprint density at radius 2 is 1.76 bits per heavy atom. The molecule has 3 aromatic rings. The molecule has 0 saturated heterocycles. The number of alkyl halides is 3. The molecule has 4 rings (SSSR count). The fourth-order valence-electron chi connectivity index (χ4n) is 4.12. The molecule has 1 aliphatic heterocycles. The lowest BCUT2D eigenvalue weighted by Crippen LogP contribution is -2.36. The van der Waals surface area contributed by atoms with E-state index < -0.39 is 24.2 Å². The van der Waals surface area contributed by atoms with Crippen molar-refractivity contribution in [3.05, 3.63) is 77.0 Å². The van der Waals surface area contributed by atoms with Gasteiger partial charge in [0.25, 0.3) is 5.91 Å². The average Bonchev–Trinajstić information content (AvgIpc) is 3.25. The number of rotatable bonds is 6. The van der Waals surface area contributed by atoms with E-state index in [0.29, 0.717) is 0 Å². The summed E-state index contributed by atoms with van der Waals surface area (Å²) in [6.07, 6.45) is -2.65. The van der Waals surface area contributed by atoms with E-state index in [1.165, 1.54) is 6.20 Å². The lowest BCUT2D eigenvalue weighted by Gasteiger charge is -2.34. The molecule has 2 atom stereocenters. The SMILES string of the molecule is CCc1ccc([C@@H]2C[C@H](C(F)(F)F)n3ncc(C(=O)NCc4ccc(N(C)C)cc4)c3N2)cc1. The van der Waals surface area contributed by atoms with Crippen LogP contribution in [0.5, 0.6) is 0 Å². The Bertz CT molecular complexity index is 1140. The Balaban J connectivity index is 1.56. The van der Waals surface area contributed by atoms with E-state index in [0.717, 1.165) is 33.5 Å². The second-order valence-corrected chi connectivity index (χ2v) is 8.68. The van der Waals surface area contributed by atoms with Crippen LogP contribution < -0.4 is 15.5 Å². The van der Waals surface area contributed by atoms with E-state index in [1.54, 1.807) is 0 Å². The fourth-order valence-corrected chi connectivity index (χ4v) is 4.12. The second-order valence-electron chi connectivity index (χ2n) is 8.68. The summed E-state index contributed by atoms with van der Waals surface area (Å²) in [7, 11) is 3.87. The number of amides is 1. The number of aromatic nitrogens is 2. The zero-order chi connectivity index (χ0) is 24.5. The molecule has 2 N–H and O–H groups in total. The van der Waals surface area contributed by atoms with Gasteiger partial charge in [-0.1, -0.05) is 43.3 Å². The van der Waals surface area contributed by atoms with Crippen molar-refractivity contribution >= 4 is 17.4 Å². The van der Waals surface area contributed by atoms with Gasteiger partial charge in [-0.15, -0.1) is 0 Å². The van der Waals surface area contributed by atoms with Gasteiger partial charge in [0.1, 0.15) is 11.4 Å². The summed E-state index contributed by atoms with van der Waals surface area (Å²) in [5.41, 5.74) is 3.85. The number of halogens is 3. The third kappa shape index (κ3) is 4.88. The van der Waals surface area contributed by atoms with E-state index in [4.69, 9.17) is 0 Å². The number of carbonyl (C=O) groups excluding carboxylic acids is 1. The van der Waals surface area contributed by atoms with Crippen LogP contribution in [0, 0.1) is 0 Å². The number of benzene rings is 2. The van der Waals surface area contributed by atoms with Crippen LogP contribution in [0.2, 0.25) is 0 Å². The Morgan fingerprint density at radius 1 is 1.12 bits per heavy atom. The smallest absolute Gasteiger partial charge is 0.378 e. The van der Waals surface area contributed by atoms with Crippen LogP contribution in [0.25, 0.3) is 0 Å². The standard InChI is InChI=1S/C25H28F3N5O/c1-4-16-5-9-18(10-6-16)21-13-22(25(26,27)28)33-23(31-21)20(15-30-33)24(34)29-14-17-7-11-19(12-8-17)32(2)3/h5-12,15,21-22,31H,4,13-14H2,1-3H3,(H,29,34)/t21-,22+/m0/s1. The lowest BCUT2D eigenvalue weighted by molar-refractivity contribution is -0.173. The summed E-state index contributed by atoms with van der Waals surface area (Å²) in [5, 5.41) is 9.87. The maximum absolute atomic E-state index is 13.9. The van der Waals surface area contributed by atoms with Crippen LogP contribution in [0.15, 0.2) is 54.7 Å². The third-order valence-electron chi connectivity index (χ3n) is 6.18. The van der Waals surface area contributed by atoms with Crippen molar-refractivity contribution in [2.45, 2.75) is 44.6 Å². The van der Waals surface area contributed by atoms with Crippen molar-refractivity contribution in [3.8, 4) is 0 Å². The normalized spacial score (nSPS) is 17.6. The number of fused-ring (bicyclic) bond motifs is 1. The Morgan fingerprint density at radius 3 is 2.35 bits per heavy atom. The predicted molar refractivity (Wildman–Crippen MR) is 126 cm³/mol. The second kappa shape index (κ2) is 9.40. The van der Waals surface area contributed by atoms with E-state index >= 15 is 0 Å². The Hall–Kier alpha value is -3.49. The van der Waals surface area contributed by atoms with Crippen molar-refractivity contribution in [2.75, 3.05) is 24.3 Å². The van der Waals surface area contributed by atoms with Gasteiger partial charge in [-0.2, -0.15) is 18.3 Å². The Labute approximate surface area is 196 Å². The van der Waals surface area contributed by atoms with Gasteiger partial charge in [0.05, 0.1) is 12.2 Å². The zero-order valence-corrected chi connectivity index (χ0v) is 19.4. The molecular weight excluding hydrogens is 443 g/mol. The molecule has 2 heterocycles. The highest BCUT2D eigenvalue weighted by Gasteiger charge is 2.47. The quantitative estimate of drug-likeness (QED) is 0.525. The van der Waals surface area contributed by atoms with Gasteiger partial charge in [0.15, 0.2) is 6.04 Å². The first-order valence-electron chi connectivity index (χ1n) is 11.2. The number of carbonyl (C=O) groups is 1. The van der Waals surface area contributed by atoms with Crippen LogP contribution in [0.1, 0.15) is 52.5 Å². The van der Waals surface area contributed by atoms with Crippen LogP contribution in [-0.4, -0.2) is 36.0 Å². The van der Waals surface area contributed by atoms with Gasteiger partial charge in [-0.25, -0.2) is 4.68 Å². The molecule has 180 valence electrons. The highest BCUT2D eigenvalue weighted by molar-refractivity contribution is 5.98. The molecule has 1 aliphatic rings. The van der Waals surface area contributed by atoms with Crippen LogP contribution >= 0.6 is 0 Å². The molecule has 34 heavy (non-hydrogen) atoms. The van der Waals surface area contributed by atoms with Crippen molar-refractivity contribution in [1.29, 1.82) is 0 Å².